The summed E-state index contributed by atoms with van der Waals surface area (Å²) in [6, 6.07) is 14.6. The highest BCUT2D eigenvalue weighted by molar-refractivity contribution is 7.13. The second-order valence-corrected chi connectivity index (χ2v) is 8.11. The van der Waals surface area contributed by atoms with Crippen molar-refractivity contribution in [3.63, 3.8) is 0 Å². The molecule has 33 heavy (non-hydrogen) atoms. The molecule has 0 bridgehead atoms. The van der Waals surface area contributed by atoms with Crippen LogP contribution >= 0.6 is 11.3 Å². The summed E-state index contributed by atoms with van der Waals surface area (Å²) in [4.78, 5) is 28.4. The number of hydrogen-bond donors (Lipinski definition) is 3. The lowest BCUT2D eigenvalue weighted by atomic mass is 10.1. The lowest BCUT2D eigenvalue weighted by Crippen LogP contribution is -2.30. The van der Waals surface area contributed by atoms with Gasteiger partial charge in [0.2, 0.25) is 0 Å². The van der Waals surface area contributed by atoms with E-state index in [1.54, 1.807) is 6.07 Å². The molecule has 0 aliphatic rings. The average Bonchev–Trinajstić information content (AvgIpc) is 3.45. The van der Waals surface area contributed by atoms with Gasteiger partial charge in [-0.25, -0.2) is 9.07 Å². The molecule has 1 aromatic carbocycles. The molecule has 4 aromatic rings. The number of nitriles is 1. The van der Waals surface area contributed by atoms with Crippen molar-refractivity contribution in [2.75, 3.05) is 12.3 Å². The number of nitrogens with zero attached hydrogens (tertiary/aromatic N) is 3. The van der Waals surface area contributed by atoms with Crippen LogP contribution in [0.25, 0.3) is 16.3 Å². The molecule has 0 unspecified atom stereocenters. The number of halogens is 1. The fourth-order valence-corrected chi connectivity index (χ4v) is 4.04. The van der Waals surface area contributed by atoms with Crippen LogP contribution in [0.5, 0.6) is 0 Å². The predicted molar refractivity (Wildman–Crippen MR) is 124 cm³/mol. The number of hydrogen-bond acceptors (Lipinski definition) is 6. The number of pyridine rings is 1. The summed E-state index contributed by atoms with van der Waals surface area (Å²) in [5.74, 6) is -0.702. The number of anilines is 1. The average molecular weight is 463 g/mol. The minimum Gasteiger partial charge on any atom is -0.382 e. The Hall–Kier alpha value is -4.23. The van der Waals surface area contributed by atoms with Gasteiger partial charge in [0.15, 0.2) is 0 Å². The lowest BCUT2D eigenvalue weighted by Gasteiger charge is -2.05. The van der Waals surface area contributed by atoms with Gasteiger partial charge < -0.3 is 16.0 Å². The minimum atomic E-state index is -0.481. The van der Waals surface area contributed by atoms with E-state index in [0.29, 0.717) is 29.9 Å². The number of thiophene rings is 1. The summed E-state index contributed by atoms with van der Waals surface area (Å²) >= 11 is 1.49. The third kappa shape index (κ3) is 4.68. The highest BCUT2D eigenvalue weighted by Crippen LogP contribution is 2.22. The van der Waals surface area contributed by atoms with Gasteiger partial charge in [-0.05, 0) is 60.7 Å². The van der Waals surface area contributed by atoms with Crippen LogP contribution in [0.4, 0.5) is 10.2 Å². The van der Waals surface area contributed by atoms with Crippen molar-refractivity contribution in [1.29, 1.82) is 5.26 Å². The predicted octanol–water partition coefficient (Wildman–Crippen LogP) is 3.24. The Kier molecular flexibility index (Phi) is 6.33. The second kappa shape index (κ2) is 9.50. The Balaban J connectivity index is 1.38. The zero-order chi connectivity index (χ0) is 23.4. The van der Waals surface area contributed by atoms with Gasteiger partial charge in [0.05, 0.1) is 22.0 Å². The number of aryl methyl sites for hydroxylation is 1. The smallest absolute Gasteiger partial charge is 0.261 e. The normalized spacial score (nSPS) is 10.7. The first-order valence-electron chi connectivity index (χ1n) is 10.1. The van der Waals surface area contributed by atoms with Crippen molar-refractivity contribution >= 4 is 23.1 Å². The molecule has 4 N–H and O–H groups in total. The van der Waals surface area contributed by atoms with Gasteiger partial charge in [-0.2, -0.15) is 10.4 Å². The molecule has 0 saturated carbocycles. The number of rotatable bonds is 7. The monoisotopic (exact) mass is 462 g/mol. The maximum Gasteiger partial charge on any atom is 0.261 e. The van der Waals surface area contributed by atoms with Crippen LogP contribution < -0.4 is 16.6 Å². The molecule has 0 spiro atoms. The van der Waals surface area contributed by atoms with Gasteiger partial charge in [-0.3, -0.25) is 9.59 Å². The highest BCUT2D eigenvalue weighted by Gasteiger charge is 2.17. The first-order valence-corrected chi connectivity index (χ1v) is 10.9. The first-order chi connectivity index (χ1) is 16.0. The summed E-state index contributed by atoms with van der Waals surface area (Å²) < 4.78 is 14.6. The van der Waals surface area contributed by atoms with E-state index >= 15 is 0 Å². The molecule has 10 heteroatoms. The molecule has 0 atom stereocenters. The fraction of sp³-hybridized carbons (Fsp3) is 0.130. The van der Waals surface area contributed by atoms with E-state index in [0.717, 1.165) is 4.88 Å². The molecule has 8 nitrogen and oxygen atoms in total. The minimum absolute atomic E-state index is 0.0258. The zero-order valence-corrected chi connectivity index (χ0v) is 18.2. The number of aromatic nitrogens is 3. The summed E-state index contributed by atoms with van der Waals surface area (Å²) in [6.07, 6.45) is 0.862. The van der Waals surface area contributed by atoms with Gasteiger partial charge in [0.25, 0.3) is 11.5 Å². The van der Waals surface area contributed by atoms with E-state index in [1.165, 1.54) is 46.4 Å². The molecule has 0 aliphatic carbocycles. The molecular weight excluding hydrogens is 443 g/mol. The SMILES string of the molecule is N#Cc1c(CCCNC(=O)c2ccc(-c3cccs3)[nH]c2=O)nn(-c2ccc(F)cc2)c1N. The number of H-pyrrole nitrogens is 1. The van der Waals surface area contributed by atoms with Crippen LogP contribution in [0.1, 0.15) is 28.0 Å². The number of carbonyl (C=O) groups excluding carboxylic acids is 1. The molecule has 3 aromatic heterocycles. The van der Waals surface area contributed by atoms with Crippen molar-refractivity contribution < 1.29 is 9.18 Å². The van der Waals surface area contributed by atoms with E-state index in [4.69, 9.17) is 5.73 Å². The molecule has 3 heterocycles. The molecule has 1 amide bonds. The van der Waals surface area contributed by atoms with Crippen LogP contribution in [-0.4, -0.2) is 27.2 Å². The molecule has 166 valence electrons. The van der Waals surface area contributed by atoms with Crippen molar-refractivity contribution in [2.24, 2.45) is 0 Å². The molecule has 4 rings (SSSR count). The van der Waals surface area contributed by atoms with Crippen LogP contribution in [0, 0.1) is 17.1 Å². The highest BCUT2D eigenvalue weighted by atomic mass is 32.1. The number of amides is 1. The second-order valence-electron chi connectivity index (χ2n) is 7.16. The van der Waals surface area contributed by atoms with E-state index in [-0.39, 0.29) is 29.3 Å². The quantitative estimate of drug-likeness (QED) is 0.363. The Bertz CT molecular complexity index is 1380. The Morgan fingerprint density at radius 3 is 2.70 bits per heavy atom. The van der Waals surface area contributed by atoms with Crippen molar-refractivity contribution in [2.45, 2.75) is 12.8 Å². The van der Waals surface area contributed by atoms with E-state index in [2.05, 4.69) is 21.5 Å². The summed E-state index contributed by atoms with van der Waals surface area (Å²) in [7, 11) is 0. The summed E-state index contributed by atoms with van der Waals surface area (Å²) in [5, 5.41) is 18.5. The van der Waals surface area contributed by atoms with Crippen molar-refractivity contribution in [1.82, 2.24) is 20.1 Å². The molecule has 0 aliphatic heterocycles. The third-order valence-electron chi connectivity index (χ3n) is 4.99. The maximum atomic E-state index is 13.2. The standard InChI is InChI=1S/C23H19FN6O2S/c24-14-5-7-15(8-6-14)30-21(26)17(13-25)18(29-30)3-1-11-27-22(31)16-9-10-19(28-23(16)32)20-4-2-12-33-20/h2,4-10,12H,1,3,11,26H2,(H,27,31)(H,28,32). The van der Waals surface area contributed by atoms with Gasteiger partial charge in [0.1, 0.15) is 28.8 Å². The van der Waals surface area contributed by atoms with Gasteiger partial charge >= 0.3 is 0 Å². The Morgan fingerprint density at radius 1 is 1.24 bits per heavy atom. The van der Waals surface area contributed by atoms with Gasteiger partial charge in [-0.1, -0.05) is 6.07 Å². The van der Waals surface area contributed by atoms with Gasteiger partial charge in [-0.15, -0.1) is 11.3 Å². The summed E-state index contributed by atoms with van der Waals surface area (Å²) in [5.41, 5.74) is 7.53. The van der Waals surface area contributed by atoms with Gasteiger partial charge in [0, 0.05) is 6.54 Å². The zero-order valence-electron chi connectivity index (χ0n) is 17.3. The number of nitrogens with two attached hydrogens (primary N) is 1. The van der Waals surface area contributed by atoms with E-state index in [1.807, 2.05) is 17.5 Å². The molecule has 0 radical (unpaired) electrons. The number of aromatic amines is 1. The first kappa shape index (κ1) is 22.0. The van der Waals surface area contributed by atoms with Crippen LogP contribution in [0.2, 0.25) is 0 Å². The van der Waals surface area contributed by atoms with Crippen LogP contribution in [-0.2, 0) is 6.42 Å². The number of nitrogen functional groups attached to an aromatic ring is 1. The number of carbonyl (C=O) groups is 1. The summed E-state index contributed by atoms with van der Waals surface area (Å²) in [6.45, 7) is 0.277. The van der Waals surface area contributed by atoms with Crippen LogP contribution in [0.3, 0.4) is 0 Å². The molecular formula is C23H19FN6O2S. The third-order valence-corrected chi connectivity index (χ3v) is 5.90. The fourth-order valence-electron chi connectivity index (χ4n) is 3.34. The van der Waals surface area contributed by atoms with E-state index in [9.17, 15) is 19.2 Å². The van der Waals surface area contributed by atoms with E-state index < -0.39 is 11.5 Å². The lowest BCUT2D eigenvalue weighted by molar-refractivity contribution is 0.0951. The topological polar surface area (TPSA) is 130 Å². The van der Waals surface area contributed by atoms with Crippen molar-refractivity contribution in [3.05, 3.63) is 86.9 Å². The molecule has 0 fully saturated rings. The largest absolute Gasteiger partial charge is 0.382 e. The van der Waals surface area contributed by atoms with Crippen molar-refractivity contribution in [3.8, 4) is 22.3 Å². The maximum absolute atomic E-state index is 13.2. The van der Waals surface area contributed by atoms with Crippen LogP contribution in [0.15, 0.2) is 58.7 Å². The Labute approximate surface area is 192 Å². The Morgan fingerprint density at radius 2 is 2.03 bits per heavy atom. The molecule has 0 saturated heterocycles. The number of nitrogens with one attached hydrogen (secondary N) is 2. The number of benzene rings is 1.